The van der Waals surface area contributed by atoms with Crippen LogP contribution in [0.2, 0.25) is 0 Å². The molecule has 0 bridgehead atoms. The Morgan fingerprint density at radius 3 is 2.16 bits per heavy atom. The lowest BCUT2D eigenvalue weighted by atomic mass is 9.99. The average Bonchev–Trinajstić information content (AvgIpc) is 3.15. The molecule has 5 rings (SSSR count). The monoisotopic (exact) mass is 684 g/mol. The molecular formula is C38H40N2O8S. The van der Waals surface area contributed by atoms with Gasteiger partial charge in [0.2, 0.25) is 11.8 Å². The number of amides is 2. The molecule has 11 heteroatoms. The lowest BCUT2D eigenvalue weighted by molar-refractivity contribution is -0.245. The third-order valence-electron chi connectivity index (χ3n) is 8.24. The van der Waals surface area contributed by atoms with Crippen molar-refractivity contribution in [2.45, 2.75) is 68.6 Å². The van der Waals surface area contributed by atoms with Crippen LogP contribution in [0.4, 0.5) is 0 Å². The number of benzene rings is 4. The molecule has 1 saturated heterocycles. The first-order valence-corrected chi connectivity index (χ1v) is 17.2. The van der Waals surface area contributed by atoms with Crippen molar-refractivity contribution in [2.75, 3.05) is 5.75 Å². The van der Waals surface area contributed by atoms with Gasteiger partial charge < -0.3 is 25.0 Å². The van der Waals surface area contributed by atoms with Crippen LogP contribution in [0.1, 0.15) is 77.1 Å². The molecule has 4 aromatic rings. The number of hydrogen-bond donors (Lipinski definition) is 5. The molecule has 5 N–H and O–H groups in total. The standard InChI is InChI=1S/C38H40N2O8S/c41-23-25-11-13-27(14-12-25)34-21-32(24-49-33-17-15-28(16-18-33)37(44)45)47-38(48-34)31-8-4-7-30(20-31)29-6-3-5-26(19-29)22-39-35(42)9-1-2-10-36(43)40-46/h3-8,11-20,32,34,38,41,46H,1-2,9-10,21-24H2,(H,39,42)(H,40,43)(H,44,45). The van der Waals surface area contributed by atoms with Crippen LogP contribution >= 0.6 is 11.8 Å². The Hall–Kier alpha value is -4.52. The smallest absolute Gasteiger partial charge is 0.335 e. The number of carbonyl (C=O) groups is 3. The molecule has 49 heavy (non-hydrogen) atoms. The van der Waals surface area contributed by atoms with E-state index in [1.807, 2.05) is 66.7 Å². The van der Waals surface area contributed by atoms with Crippen molar-refractivity contribution in [1.29, 1.82) is 0 Å². The van der Waals surface area contributed by atoms with Gasteiger partial charge in [0.25, 0.3) is 0 Å². The fraction of sp³-hybridized carbons (Fsp3) is 0.289. The summed E-state index contributed by atoms with van der Waals surface area (Å²) in [4.78, 5) is 35.7. The Morgan fingerprint density at radius 1 is 0.776 bits per heavy atom. The number of hydrogen-bond acceptors (Lipinski definition) is 8. The largest absolute Gasteiger partial charge is 0.478 e. The number of thioether (sulfide) groups is 1. The number of carboxylic acid groups (broad SMARTS) is 1. The number of ether oxygens (including phenoxy) is 2. The fourth-order valence-electron chi connectivity index (χ4n) is 5.55. The second-order valence-corrected chi connectivity index (χ2v) is 12.9. The van der Waals surface area contributed by atoms with E-state index in [2.05, 4.69) is 11.4 Å². The van der Waals surface area contributed by atoms with Crippen molar-refractivity contribution in [3.63, 3.8) is 0 Å². The van der Waals surface area contributed by atoms with Gasteiger partial charge in [-0.2, -0.15) is 0 Å². The van der Waals surface area contributed by atoms with Crippen molar-refractivity contribution in [3.8, 4) is 11.1 Å². The summed E-state index contributed by atoms with van der Waals surface area (Å²) in [7, 11) is 0. The minimum atomic E-state index is -0.959. The zero-order valence-electron chi connectivity index (χ0n) is 26.9. The van der Waals surface area contributed by atoms with Gasteiger partial charge in [-0.3, -0.25) is 14.8 Å². The summed E-state index contributed by atoms with van der Waals surface area (Å²) in [5.41, 5.74) is 7.41. The number of rotatable bonds is 15. The van der Waals surface area contributed by atoms with Gasteiger partial charge in [0.15, 0.2) is 6.29 Å². The molecule has 0 radical (unpaired) electrons. The highest BCUT2D eigenvalue weighted by molar-refractivity contribution is 7.99. The van der Waals surface area contributed by atoms with Crippen LogP contribution in [0.15, 0.2) is 102 Å². The van der Waals surface area contributed by atoms with E-state index in [4.69, 9.17) is 14.7 Å². The molecule has 3 unspecified atom stereocenters. The van der Waals surface area contributed by atoms with Gasteiger partial charge in [-0.1, -0.05) is 60.7 Å². The number of carboxylic acids is 1. The molecule has 2 amide bonds. The molecule has 10 nitrogen and oxygen atoms in total. The van der Waals surface area contributed by atoms with Crippen LogP contribution in [-0.4, -0.2) is 45.1 Å². The molecule has 0 aromatic heterocycles. The average molecular weight is 685 g/mol. The Bertz CT molecular complexity index is 1710. The lowest BCUT2D eigenvalue weighted by Crippen LogP contribution is -2.31. The van der Waals surface area contributed by atoms with Crippen LogP contribution in [0.3, 0.4) is 0 Å². The Morgan fingerprint density at radius 2 is 1.47 bits per heavy atom. The Balaban J connectivity index is 1.27. The van der Waals surface area contributed by atoms with E-state index in [1.165, 1.54) is 0 Å². The number of carbonyl (C=O) groups excluding carboxylic acids is 2. The molecule has 1 fully saturated rings. The van der Waals surface area contributed by atoms with E-state index in [0.29, 0.717) is 38.0 Å². The summed E-state index contributed by atoms with van der Waals surface area (Å²) in [6, 6.07) is 30.5. The summed E-state index contributed by atoms with van der Waals surface area (Å²) in [6.07, 6.45) is 1.12. The van der Waals surface area contributed by atoms with Gasteiger partial charge in [-0.15, -0.1) is 11.8 Å². The summed E-state index contributed by atoms with van der Waals surface area (Å²) in [5, 5.41) is 30.3. The Labute approximate surface area is 289 Å². The second kappa shape index (κ2) is 17.8. The summed E-state index contributed by atoms with van der Waals surface area (Å²) in [5.74, 6) is -0.881. The van der Waals surface area contributed by atoms with E-state index < -0.39 is 18.2 Å². The van der Waals surface area contributed by atoms with Crippen LogP contribution in [0.25, 0.3) is 11.1 Å². The summed E-state index contributed by atoms with van der Waals surface area (Å²) < 4.78 is 13.1. The molecule has 0 saturated carbocycles. The van der Waals surface area contributed by atoms with Gasteiger partial charge in [0.05, 0.1) is 24.4 Å². The van der Waals surface area contributed by atoms with Crippen LogP contribution in [0.5, 0.6) is 0 Å². The molecule has 0 aliphatic carbocycles. The van der Waals surface area contributed by atoms with E-state index in [-0.39, 0.29) is 36.7 Å². The maximum atomic E-state index is 12.3. The van der Waals surface area contributed by atoms with Crippen molar-refractivity contribution < 1.29 is 39.3 Å². The van der Waals surface area contributed by atoms with Gasteiger partial charge in [0, 0.05) is 42.0 Å². The van der Waals surface area contributed by atoms with Crippen LogP contribution in [0, 0.1) is 0 Å². The van der Waals surface area contributed by atoms with Gasteiger partial charge in [-0.05, 0) is 77.1 Å². The number of aromatic carboxylic acids is 1. The number of nitrogens with one attached hydrogen (secondary N) is 2. The maximum Gasteiger partial charge on any atom is 0.335 e. The van der Waals surface area contributed by atoms with Crippen molar-refractivity contribution in [1.82, 2.24) is 10.8 Å². The van der Waals surface area contributed by atoms with E-state index in [9.17, 15) is 24.6 Å². The summed E-state index contributed by atoms with van der Waals surface area (Å²) >= 11 is 1.60. The van der Waals surface area contributed by atoms with Crippen molar-refractivity contribution in [3.05, 3.63) is 125 Å². The quantitative estimate of drug-likeness (QED) is 0.0405. The Kier molecular flexibility index (Phi) is 13.0. The molecule has 3 atom stereocenters. The first kappa shape index (κ1) is 35.8. The molecule has 0 spiro atoms. The minimum absolute atomic E-state index is 0.0365. The highest BCUT2D eigenvalue weighted by atomic mass is 32.2. The van der Waals surface area contributed by atoms with Crippen LogP contribution < -0.4 is 10.8 Å². The third kappa shape index (κ3) is 10.5. The number of aliphatic hydroxyl groups excluding tert-OH is 1. The van der Waals surface area contributed by atoms with Gasteiger partial charge >= 0.3 is 5.97 Å². The highest BCUT2D eigenvalue weighted by Gasteiger charge is 2.32. The molecule has 256 valence electrons. The fourth-order valence-corrected chi connectivity index (χ4v) is 6.47. The zero-order valence-corrected chi connectivity index (χ0v) is 27.7. The van der Waals surface area contributed by atoms with E-state index in [0.717, 1.165) is 38.3 Å². The second-order valence-electron chi connectivity index (χ2n) is 11.8. The normalized spacial score (nSPS) is 17.3. The SMILES string of the molecule is O=C(CCCCC(=O)NCc1cccc(-c2cccc(C3OC(CSc4ccc(C(=O)O)cc4)CC(c4ccc(CO)cc4)O3)c2)c1)NO. The van der Waals surface area contributed by atoms with Crippen molar-refractivity contribution >= 4 is 29.5 Å². The molecule has 1 aliphatic rings. The molecule has 1 heterocycles. The lowest BCUT2D eigenvalue weighted by Gasteiger charge is -2.36. The predicted molar refractivity (Wildman–Crippen MR) is 185 cm³/mol. The topological polar surface area (TPSA) is 154 Å². The molecule has 4 aromatic carbocycles. The number of unbranched alkanes of at least 4 members (excludes halogenated alkanes) is 1. The van der Waals surface area contributed by atoms with Gasteiger partial charge in [-0.25, -0.2) is 10.3 Å². The van der Waals surface area contributed by atoms with E-state index >= 15 is 0 Å². The van der Waals surface area contributed by atoms with Crippen LogP contribution in [-0.2, 0) is 32.2 Å². The highest BCUT2D eigenvalue weighted by Crippen LogP contribution is 2.40. The van der Waals surface area contributed by atoms with Crippen molar-refractivity contribution in [2.24, 2.45) is 0 Å². The zero-order chi connectivity index (χ0) is 34.6. The third-order valence-corrected chi connectivity index (χ3v) is 9.39. The molecular weight excluding hydrogens is 644 g/mol. The molecule has 1 aliphatic heterocycles. The van der Waals surface area contributed by atoms with Gasteiger partial charge in [0.1, 0.15) is 0 Å². The number of aliphatic hydroxyl groups is 1. The maximum absolute atomic E-state index is 12.3. The first-order valence-electron chi connectivity index (χ1n) is 16.2. The minimum Gasteiger partial charge on any atom is -0.478 e. The summed E-state index contributed by atoms with van der Waals surface area (Å²) in [6.45, 7) is 0.332. The first-order chi connectivity index (χ1) is 23.8. The number of hydroxylamine groups is 1. The van der Waals surface area contributed by atoms with E-state index in [1.54, 1.807) is 41.5 Å². The predicted octanol–water partition coefficient (Wildman–Crippen LogP) is 6.56.